The van der Waals surface area contributed by atoms with E-state index in [1.807, 2.05) is 36.9 Å². The van der Waals surface area contributed by atoms with Gasteiger partial charge in [0, 0.05) is 32.1 Å². The van der Waals surface area contributed by atoms with Crippen molar-refractivity contribution in [3.8, 4) is 11.5 Å². The van der Waals surface area contributed by atoms with Crippen LogP contribution in [0.2, 0.25) is 0 Å². The number of hydrogen-bond donors (Lipinski definition) is 2. The zero-order valence-electron chi connectivity index (χ0n) is 17.5. The van der Waals surface area contributed by atoms with Crippen LogP contribution in [0.15, 0.2) is 18.2 Å². The third-order valence-electron chi connectivity index (χ3n) is 5.07. The highest BCUT2D eigenvalue weighted by Crippen LogP contribution is 2.28. The van der Waals surface area contributed by atoms with Crippen LogP contribution in [0.4, 0.5) is 0 Å². The number of rotatable bonds is 7. The summed E-state index contributed by atoms with van der Waals surface area (Å²) in [7, 11) is 3.21. The SMILES string of the molecule is COc1ccc(Cc2nc([C@@H](C)N)n(CC(=O)N3CCNC[C@H]3C)n2)cc1OC. The van der Waals surface area contributed by atoms with Gasteiger partial charge in [0.05, 0.1) is 20.3 Å². The molecule has 2 heterocycles. The zero-order chi connectivity index (χ0) is 21.0. The van der Waals surface area contributed by atoms with Gasteiger partial charge in [-0.1, -0.05) is 6.07 Å². The van der Waals surface area contributed by atoms with Crippen LogP contribution in [0.3, 0.4) is 0 Å². The Morgan fingerprint density at radius 2 is 2.10 bits per heavy atom. The number of carbonyl (C=O) groups excluding carboxylic acids is 1. The number of hydrogen-bond acceptors (Lipinski definition) is 7. The van der Waals surface area contributed by atoms with E-state index in [1.54, 1.807) is 18.9 Å². The Kier molecular flexibility index (Phi) is 6.71. The van der Waals surface area contributed by atoms with Gasteiger partial charge >= 0.3 is 0 Å². The summed E-state index contributed by atoms with van der Waals surface area (Å²) in [4.78, 5) is 19.3. The number of nitrogens with two attached hydrogens (primary N) is 1. The first-order chi connectivity index (χ1) is 13.9. The summed E-state index contributed by atoms with van der Waals surface area (Å²) >= 11 is 0. The van der Waals surface area contributed by atoms with Crippen molar-refractivity contribution in [2.24, 2.45) is 5.73 Å². The first-order valence-electron chi connectivity index (χ1n) is 9.83. The van der Waals surface area contributed by atoms with Crippen LogP contribution in [0.1, 0.15) is 37.1 Å². The molecule has 0 radical (unpaired) electrons. The lowest BCUT2D eigenvalue weighted by Gasteiger charge is -2.34. The summed E-state index contributed by atoms with van der Waals surface area (Å²) in [5.74, 6) is 2.58. The number of ether oxygens (including phenoxy) is 2. The van der Waals surface area contributed by atoms with Gasteiger partial charge in [0.15, 0.2) is 17.3 Å². The number of methoxy groups -OCH3 is 2. The molecule has 0 unspecified atom stereocenters. The molecule has 1 aliphatic rings. The maximum atomic E-state index is 12.8. The first kappa shape index (κ1) is 21.1. The molecule has 1 aromatic heterocycles. The Morgan fingerprint density at radius 3 is 2.76 bits per heavy atom. The van der Waals surface area contributed by atoms with Crippen molar-refractivity contribution >= 4 is 5.91 Å². The molecule has 0 spiro atoms. The third kappa shape index (κ3) is 4.86. The molecule has 9 heteroatoms. The van der Waals surface area contributed by atoms with Crippen molar-refractivity contribution in [1.82, 2.24) is 25.0 Å². The molecule has 3 rings (SSSR count). The number of aromatic nitrogens is 3. The van der Waals surface area contributed by atoms with Gasteiger partial charge in [-0.2, -0.15) is 5.10 Å². The molecule has 0 bridgehead atoms. The second-order valence-electron chi connectivity index (χ2n) is 7.34. The molecule has 1 amide bonds. The fourth-order valence-electron chi connectivity index (χ4n) is 3.53. The van der Waals surface area contributed by atoms with E-state index in [0.29, 0.717) is 36.1 Å². The summed E-state index contributed by atoms with van der Waals surface area (Å²) < 4.78 is 12.3. The first-order valence-corrected chi connectivity index (χ1v) is 9.83. The van der Waals surface area contributed by atoms with E-state index in [4.69, 9.17) is 15.2 Å². The lowest BCUT2D eigenvalue weighted by atomic mass is 10.1. The maximum Gasteiger partial charge on any atom is 0.244 e. The summed E-state index contributed by atoms with van der Waals surface area (Å²) in [5, 5.41) is 7.87. The van der Waals surface area contributed by atoms with Crippen molar-refractivity contribution in [2.45, 2.75) is 38.9 Å². The van der Waals surface area contributed by atoms with Crippen LogP contribution >= 0.6 is 0 Å². The molecule has 9 nitrogen and oxygen atoms in total. The van der Waals surface area contributed by atoms with Crippen molar-refractivity contribution < 1.29 is 14.3 Å². The standard InChI is InChI=1S/C20H30N6O3/c1-13-11-22-7-8-25(13)19(27)12-26-20(14(2)21)23-18(24-26)10-15-5-6-16(28-3)17(9-15)29-4/h5-6,9,13-14,22H,7-8,10-12,21H2,1-4H3/t13-,14-/m1/s1. The van der Waals surface area contributed by atoms with Crippen LogP contribution in [0, 0.1) is 0 Å². The lowest BCUT2D eigenvalue weighted by Crippen LogP contribution is -2.53. The van der Waals surface area contributed by atoms with Crippen LogP contribution in [0.5, 0.6) is 11.5 Å². The Bertz CT molecular complexity index is 851. The normalized spacial score (nSPS) is 17.8. The summed E-state index contributed by atoms with van der Waals surface area (Å²) in [5.41, 5.74) is 7.08. The zero-order valence-corrected chi connectivity index (χ0v) is 17.5. The van der Waals surface area contributed by atoms with Gasteiger partial charge in [-0.15, -0.1) is 0 Å². The van der Waals surface area contributed by atoms with Crippen LogP contribution < -0.4 is 20.5 Å². The molecule has 2 aromatic rings. The molecule has 1 aliphatic heterocycles. The molecule has 29 heavy (non-hydrogen) atoms. The molecule has 1 aromatic carbocycles. The molecule has 1 fully saturated rings. The summed E-state index contributed by atoms with van der Waals surface area (Å²) in [6.45, 7) is 6.33. The van der Waals surface area contributed by atoms with Crippen molar-refractivity contribution in [3.05, 3.63) is 35.4 Å². The van der Waals surface area contributed by atoms with Gasteiger partial charge in [0.1, 0.15) is 12.4 Å². The smallest absolute Gasteiger partial charge is 0.244 e. The van der Waals surface area contributed by atoms with E-state index < -0.39 is 0 Å². The molecule has 1 saturated heterocycles. The molecular weight excluding hydrogens is 372 g/mol. The number of benzene rings is 1. The number of amides is 1. The predicted octanol–water partition coefficient (Wildman–Crippen LogP) is 0.726. The number of carbonyl (C=O) groups is 1. The quantitative estimate of drug-likeness (QED) is 0.703. The number of nitrogens with one attached hydrogen (secondary N) is 1. The monoisotopic (exact) mass is 402 g/mol. The fraction of sp³-hybridized carbons (Fsp3) is 0.550. The summed E-state index contributed by atoms with van der Waals surface area (Å²) in [6.07, 6.45) is 0.505. The average molecular weight is 402 g/mol. The van der Waals surface area contributed by atoms with Gasteiger partial charge in [-0.05, 0) is 31.5 Å². The Labute approximate surface area is 171 Å². The predicted molar refractivity (Wildman–Crippen MR) is 109 cm³/mol. The van der Waals surface area contributed by atoms with E-state index in [2.05, 4.69) is 15.4 Å². The Balaban J connectivity index is 1.79. The minimum Gasteiger partial charge on any atom is -0.493 e. The third-order valence-corrected chi connectivity index (χ3v) is 5.07. The average Bonchev–Trinajstić information content (AvgIpc) is 3.10. The van der Waals surface area contributed by atoms with Crippen molar-refractivity contribution in [1.29, 1.82) is 0 Å². The molecule has 2 atom stereocenters. The minimum absolute atomic E-state index is 0.0310. The minimum atomic E-state index is -0.324. The van der Waals surface area contributed by atoms with E-state index in [9.17, 15) is 4.79 Å². The van der Waals surface area contributed by atoms with E-state index in [1.165, 1.54) is 0 Å². The van der Waals surface area contributed by atoms with Crippen LogP contribution in [0.25, 0.3) is 0 Å². The maximum absolute atomic E-state index is 12.8. The molecule has 158 valence electrons. The second kappa shape index (κ2) is 9.23. The van der Waals surface area contributed by atoms with Gasteiger partial charge < -0.3 is 25.4 Å². The highest BCUT2D eigenvalue weighted by molar-refractivity contribution is 5.76. The Morgan fingerprint density at radius 1 is 1.34 bits per heavy atom. The van der Waals surface area contributed by atoms with Gasteiger partial charge in [-0.3, -0.25) is 4.79 Å². The number of nitrogens with zero attached hydrogens (tertiary/aromatic N) is 4. The van der Waals surface area contributed by atoms with Crippen molar-refractivity contribution in [3.63, 3.8) is 0 Å². The highest BCUT2D eigenvalue weighted by atomic mass is 16.5. The van der Waals surface area contributed by atoms with Gasteiger partial charge in [0.25, 0.3) is 0 Å². The lowest BCUT2D eigenvalue weighted by molar-refractivity contribution is -0.134. The van der Waals surface area contributed by atoms with Crippen molar-refractivity contribution in [2.75, 3.05) is 33.9 Å². The Hall–Kier alpha value is -2.65. The molecular formula is C20H30N6O3. The number of piperazine rings is 1. The van der Waals surface area contributed by atoms with Gasteiger partial charge in [0.2, 0.25) is 5.91 Å². The van der Waals surface area contributed by atoms with Gasteiger partial charge in [-0.25, -0.2) is 9.67 Å². The van der Waals surface area contributed by atoms with E-state index in [0.717, 1.165) is 18.7 Å². The highest BCUT2D eigenvalue weighted by Gasteiger charge is 2.25. The van der Waals surface area contributed by atoms with E-state index in [-0.39, 0.29) is 24.5 Å². The van der Waals surface area contributed by atoms with E-state index >= 15 is 0 Å². The molecule has 3 N–H and O–H groups in total. The fourth-order valence-corrected chi connectivity index (χ4v) is 3.53. The second-order valence-corrected chi connectivity index (χ2v) is 7.34. The molecule has 0 saturated carbocycles. The van der Waals surface area contributed by atoms with Crippen LogP contribution in [-0.4, -0.2) is 65.5 Å². The summed E-state index contributed by atoms with van der Waals surface area (Å²) in [6, 6.07) is 5.53. The largest absolute Gasteiger partial charge is 0.493 e. The topological polar surface area (TPSA) is 108 Å². The molecule has 0 aliphatic carbocycles. The van der Waals surface area contributed by atoms with Crippen LogP contribution in [-0.2, 0) is 17.8 Å².